The van der Waals surface area contributed by atoms with Gasteiger partial charge in [0.2, 0.25) is 11.6 Å². The molecule has 0 unspecified atom stereocenters. The molecule has 0 fully saturated rings. The first-order chi connectivity index (χ1) is 6.27. The number of ether oxygens (including phenoxy) is 1. The summed E-state index contributed by atoms with van der Waals surface area (Å²) in [7, 11) is 0. The fraction of sp³-hybridized carbons (Fsp3) is 0.333. The quantitative estimate of drug-likeness (QED) is 0.549. The number of hydrogen-bond acceptors (Lipinski definition) is 2. The van der Waals surface area contributed by atoms with Gasteiger partial charge in [-0.2, -0.15) is 0 Å². The van der Waals surface area contributed by atoms with Crippen LogP contribution in [0.2, 0.25) is 5.15 Å². The Morgan fingerprint density at radius 2 is 2.38 bits per heavy atom. The van der Waals surface area contributed by atoms with Crippen LogP contribution in [0, 0.1) is 6.57 Å². The summed E-state index contributed by atoms with van der Waals surface area (Å²) in [6.45, 7) is 9.39. The van der Waals surface area contributed by atoms with Crippen molar-refractivity contribution >= 4 is 17.3 Å². The summed E-state index contributed by atoms with van der Waals surface area (Å²) < 4.78 is 5.25. The molecule has 0 bridgehead atoms. The van der Waals surface area contributed by atoms with Gasteiger partial charge in [-0.25, -0.2) is 9.83 Å². The molecule has 0 atom stereocenters. The number of halogens is 1. The van der Waals surface area contributed by atoms with Gasteiger partial charge in [0.05, 0.1) is 13.2 Å². The SMILES string of the molecule is [C-]#[N+]c1ccc(Cl)nc1OCCC. The smallest absolute Gasteiger partial charge is 0.247 e. The Morgan fingerprint density at radius 3 is 3.00 bits per heavy atom. The van der Waals surface area contributed by atoms with E-state index in [9.17, 15) is 0 Å². The lowest BCUT2D eigenvalue weighted by Crippen LogP contribution is -1.97. The lowest BCUT2D eigenvalue weighted by molar-refractivity contribution is 0.307. The van der Waals surface area contributed by atoms with Gasteiger partial charge in [-0.3, -0.25) is 0 Å². The average molecular weight is 197 g/mol. The van der Waals surface area contributed by atoms with E-state index in [-0.39, 0.29) is 0 Å². The second kappa shape index (κ2) is 4.68. The topological polar surface area (TPSA) is 26.5 Å². The maximum Gasteiger partial charge on any atom is 0.247 e. The molecule has 1 heterocycles. The minimum absolute atomic E-state index is 0.323. The van der Waals surface area contributed by atoms with E-state index in [0.717, 1.165) is 6.42 Å². The lowest BCUT2D eigenvalue weighted by atomic mass is 10.4. The van der Waals surface area contributed by atoms with E-state index in [1.54, 1.807) is 12.1 Å². The van der Waals surface area contributed by atoms with Gasteiger partial charge in [-0.05, 0) is 18.6 Å². The molecule has 0 amide bonds. The molecule has 1 rings (SSSR count). The van der Waals surface area contributed by atoms with Crippen molar-refractivity contribution in [3.8, 4) is 5.88 Å². The summed E-state index contributed by atoms with van der Waals surface area (Å²) in [6, 6.07) is 3.18. The minimum Gasteiger partial charge on any atom is -0.486 e. The van der Waals surface area contributed by atoms with Crippen LogP contribution in [-0.4, -0.2) is 11.6 Å². The Hall–Kier alpha value is -1.27. The summed E-state index contributed by atoms with van der Waals surface area (Å²) in [5, 5.41) is 0.346. The van der Waals surface area contributed by atoms with Crippen LogP contribution in [0.4, 0.5) is 5.69 Å². The van der Waals surface area contributed by atoms with Crippen LogP contribution in [-0.2, 0) is 0 Å². The summed E-state index contributed by atoms with van der Waals surface area (Å²) >= 11 is 5.66. The van der Waals surface area contributed by atoms with Crippen molar-refractivity contribution in [2.24, 2.45) is 0 Å². The van der Waals surface area contributed by atoms with Gasteiger partial charge in [-0.15, -0.1) is 0 Å². The highest BCUT2D eigenvalue weighted by atomic mass is 35.5. The Bertz CT molecular complexity index is 333. The molecule has 0 saturated carbocycles. The zero-order valence-corrected chi connectivity index (χ0v) is 8.01. The molecule has 3 nitrogen and oxygen atoms in total. The van der Waals surface area contributed by atoms with Gasteiger partial charge in [0.15, 0.2) is 0 Å². The summed E-state index contributed by atoms with van der Waals surface area (Å²) in [5.41, 5.74) is 0.401. The number of nitrogens with zero attached hydrogens (tertiary/aromatic N) is 2. The molecule has 0 spiro atoms. The van der Waals surface area contributed by atoms with Crippen molar-refractivity contribution in [1.29, 1.82) is 0 Å². The molecule has 0 N–H and O–H groups in total. The molecule has 0 radical (unpaired) electrons. The molecule has 0 aromatic carbocycles. The standard InChI is InChI=1S/C9H9ClN2O/c1-3-6-13-9-7(11-2)4-5-8(10)12-9/h4-5H,3,6H2,1H3. The van der Waals surface area contributed by atoms with Crippen LogP contribution in [0.25, 0.3) is 4.85 Å². The Morgan fingerprint density at radius 1 is 1.62 bits per heavy atom. The largest absolute Gasteiger partial charge is 0.486 e. The molecule has 68 valence electrons. The van der Waals surface area contributed by atoms with Gasteiger partial charge in [0.1, 0.15) is 5.15 Å². The summed E-state index contributed by atoms with van der Waals surface area (Å²) in [6.07, 6.45) is 0.881. The van der Waals surface area contributed by atoms with Crippen molar-refractivity contribution in [3.05, 3.63) is 28.7 Å². The fourth-order valence-corrected chi connectivity index (χ4v) is 0.940. The highest BCUT2D eigenvalue weighted by Crippen LogP contribution is 2.26. The van der Waals surface area contributed by atoms with Gasteiger partial charge in [0.25, 0.3) is 0 Å². The Kier molecular flexibility index (Phi) is 3.53. The average Bonchev–Trinajstić information content (AvgIpc) is 2.15. The molecule has 4 heteroatoms. The third-order valence-electron chi connectivity index (χ3n) is 1.37. The number of hydrogen-bond donors (Lipinski definition) is 0. The van der Waals surface area contributed by atoms with Crippen LogP contribution < -0.4 is 4.74 Å². The van der Waals surface area contributed by atoms with Crippen LogP contribution in [0.3, 0.4) is 0 Å². The van der Waals surface area contributed by atoms with Crippen molar-refractivity contribution in [1.82, 2.24) is 4.98 Å². The van der Waals surface area contributed by atoms with Crippen molar-refractivity contribution < 1.29 is 4.74 Å². The van der Waals surface area contributed by atoms with Crippen LogP contribution in [0.5, 0.6) is 5.88 Å². The van der Waals surface area contributed by atoms with Crippen LogP contribution in [0.1, 0.15) is 13.3 Å². The number of aromatic nitrogens is 1. The first kappa shape index (κ1) is 9.82. The van der Waals surface area contributed by atoms with Gasteiger partial charge < -0.3 is 4.74 Å². The molecule has 0 aliphatic carbocycles. The molecule has 0 aliphatic rings. The second-order valence-electron chi connectivity index (χ2n) is 2.42. The predicted molar refractivity (Wildman–Crippen MR) is 51.3 cm³/mol. The fourth-order valence-electron chi connectivity index (χ4n) is 0.801. The normalized spacial score (nSPS) is 9.31. The van der Waals surface area contributed by atoms with Gasteiger partial charge in [0, 0.05) is 0 Å². The van der Waals surface area contributed by atoms with Crippen LogP contribution >= 0.6 is 11.6 Å². The maximum atomic E-state index is 6.85. The van der Waals surface area contributed by atoms with Gasteiger partial charge in [-0.1, -0.05) is 18.5 Å². The third kappa shape index (κ3) is 2.60. The predicted octanol–water partition coefficient (Wildman–Crippen LogP) is 3.07. The number of pyridine rings is 1. The monoisotopic (exact) mass is 196 g/mol. The lowest BCUT2D eigenvalue weighted by Gasteiger charge is -2.04. The highest BCUT2D eigenvalue weighted by Gasteiger charge is 2.05. The number of rotatable bonds is 3. The highest BCUT2D eigenvalue weighted by molar-refractivity contribution is 6.29. The third-order valence-corrected chi connectivity index (χ3v) is 1.58. The van der Waals surface area contributed by atoms with E-state index in [2.05, 4.69) is 9.83 Å². The van der Waals surface area contributed by atoms with E-state index >= 15 is 0 Å². The van der Waals surface area contributed by atoms with E-state index in [1.165, 1.54) is 0 Å². The van der Waals surface area contributed by atoms with Crippen LogP contribution in [0.15, 0.2) is 12.1 Å². The van der Waals surface area contributed by atoms with Gasteiger partial charge >= 0.3 is 0 Å². The first-order valence-electron chi connectivity index (χ1n) is 3.94. The van der Waals surface area contributed by atoms with Crippen molar-refractivity contribution in [3.63, 3.8) is 0 Å². The summed E-state index contributed by atoms with van der Waals surface area (Å²) in [5.74, 6) is 0.323. The molecule has 0 aliphatic heterocycles. The van der Waals surface area contributed by atoms with Crippen molar-refractivity contribution in [2.45, 2.75) is 13.3 Å². The second-order valence-corrected chi connectivity index (χ2v) is 2.81. The van der Waals surface area contributed by atoms with E-state index in [0.29, 0.717) is 23.3 Å². The Balaban J connectivity index is 2.89. The van der Waals surface area contributed by atoms with E-state index in [4.69, 9.17) is 22.9 Å². The zero-order chi connectivity index (χ0) is 9.68. The molecule has 13 heavy (non-hydrogen) atoms. The zero-order valence-electron chi connectivity index (χ0n) is 7.25. The molecule has 1 aromatic heterocycles. The molecule has 0 saturated heterocycles. The first-order valence-corrected chi connectivity index (χ1v) is 4.32. The van der Waals surface area contributed by atoms with E-state index in [1.807, 2.05) is 6.92 Å². The molecular weight excluding hydrogens is 188 g/mol. The molecule has 1 aromatic rings. The van der Waals surface area contributed by atoms with E-state index < -0.39 is 0 Å². The molecular formula is C9H9ClN2O. The minimum atomic E-state index is 0.323. The maximum absolute atomic E-state index is 6.85. The Labute approximate surface area is 82.1 Å². The van der Waals surface area contributed by atoms with Crippen molar-refractivity contribution in [2.75, 3.05) is 6.61 Å². The summed E-state index contributed by atoms with van der Waals surface area (Å²) in [4.78, 5) is 7.18.